The molecule has 4 heteroatoms. The van der Waals surface area contributed by atoms with Crippen LogP contribution >= 0.6 is 11.5 Å². The Labute approximate surface area is 122 Å². The zero-order valence-corrected chi connectivity index (χ0v) is 12.3. The van der Waals surface area contributed by atoms with Gasteiger partial charge in [-0.1, -0.05) is 42.9 Å². The topological polar surface area (TPSA) is 45.8 Å². The van der Waals surface area contributed by atoms with E-state index in [-0.39, 0.29) is 5.56 Å². The molecule has 3 rings (SSSR count). The molecule has 1 aromatic carbocycles. The van der Waals surface area contributed by atoms with E-state index >= 15 is 0 Å². The lowest BCUT2D eigenvalue weighted by molar-refractivity contribution is 0.299. The van der Waals surface area contributed by atoms with Gasteiger partial charge in [0.25, 0.3) is 5.56 Å². The molecule has 0 bridgehead atoms. The van der Waals surface area contributed by atoms with Gasteiger partial charge >= 0.3 is 0 Å². The molecule has 1 aromatic heterocycles. The molecule has 0 saturated heterocycles. The smallest absolute Gasteiger partial charge is 0.268 e. The molecule has 0 radical (unpaired) electrons. The van der Waals surface area contributed by atoms with Crippen LogP contribution in [-0.4, -0.2) is 3.96 Å². The van der Waals surface area contributed by atoms with E-state index in [1.807, 2.05) is 24.3 Å². The Hall–Kier alpha value is -1.60. The number of hydrogen-bond acceptors (Lipinski definition) is 3. The minimum absolute atomic E-state index is 0.00715. The molecule has 1 fully saturated rings. The molecule has 0 amide bonds. The van der Waals surface area contributed by atoms with Gasteiger partial charge in [0.05, 0.1) is 16.2 Å². The Kier molecular flexibility index (Phi) is 3.62. The van der Waals surface area contributed by atoms with Crippen molar-refractivity contribution in [2.45, 2.75) is 50.5 Å². The Morgan fingerprint density at radius 2 is 1.75 bits per heavy atom. The molecule has 0 spiro atoms. The summed E-state index contributed by atoms with van der Waals surface area (Å²) in [6.07, 6.45) is 7.27. The van der Waals surface area contributed by atoms with E-state index < -0.39 is 5.54 Å². The van der Waals surface area contributed by atoms with Gasteiger partial charge in [0.1, 0.15) is 5.54 Å². The monoisotopic (exact) mass is 286 g/mol. The van der Waals surface area contributed by atoms with Crippen LogP contribution in [0.5, 0.6) is 0 Å². The van der Waals surface area contributed by atoms with Crippen molar-refractivity contribution >= 4 is 21.6 Å². The quantitative estimate of drug-likeness (QED) is 0.794. The Bertz CT molecular complexity index is 699. The molecule has 20 heavy (non-hydrogen) atoms. The molecule has 1 aliphatic carbocycles. The van der Waals surface area contributed by atoms with Crippen LogP contribution in [0.2, 0.25) is 0 Å². The predicted molar refractivity (Wildman–Crippen MR) is 82.0 cm³/mol. The van der Waals surface area contributed by atoms with Gasteiger partial charge in [0.2, 0.25) is 0 Å². The second kappa shape index (κ2) is 5.41. The number of rotatable bonds is 1. The number of benzene rings is 1. The molecular formula is C16H18N2OS. The van der Waals surface area contributed by atoms with Crippen LogP contribution in [0.3, 0.4) is 0 Å². The van der Waals surface area contributed by atoms with E-state index in [2.05, 4.69) is 6.07 Å². The maximum atomic E-state index is 12.6. The highest BCUT2D eigenvalue weighted by Gasteiger charge is 2.34. The van der Waals surface area contributed by atoms with Crippen molar-refractivity contribution in [3.63, 3.8) is 0 Å². The van der Waals surface area contributed by atoms with Crippen molar-refractivity contribution in [2.24, 2.45) is 0 Å². The molecule has 1 saturated carbocycles. The summed E-state index contributed by atoms with van der Waals surface area (Å²) in [6, 6.07) is 10.1. The molecule has 0 unspecified atom stereocenters. The standard InChI is InChI=1S/C16H18N2OS/c17-12-16(10-6-2-1-3-7-11-16)18-15(19)13-8-4-5-9-14(13)20-18/h4-5,8-9H,1-3,6-7,10-11H2. The Morgan fingerprint density at radius 3 is 2.40 bits per heavy atom. The number of fused-ring (bicyclic) bond motifs is 1. The van der Waals surface area contributed by atoms with Crippen LogP contribution in [0.1, 0.15) is 44.9 Å². The summed E-state index contributed by atoms with van der Waals surface area (Å²) in [6.45, 7) is 0. The van der Waals surface area contributed by atoms with Crippen LogP contribution in [0.15, 0.2) is 29.1 Å². The highest BCUT2D eigenvalue weighted by Crippen LogP contribution is 2.34. The fraction of sp³-hybridized carbons (Fsp3) is 0.500. The van der Waals surface area contributed by atoms with Gasteiger partial charge in [-0.3, -0.25) is 4.79 Å². The number of hydrogen-bond donors (Lipinski definition) is 0. The maximum absolute atomic E-state index is 12.6. The lowest BCUT2D eigenvalue weighted by Gasteiger charge is -2.28. The van der Waals surface area contributed by atoms with Gasteiger partial charge in [0, 0.05) is 0 Å². The third-order valence-corrected chi connectivity index (χ3v) is 5.52. The van der Waals surface area contributed by atoms with Crippen molar-refractivity contribution in [2.75, 3.05) is 0 Å². The minimum atomic E-state index is -0.624. The van der Waals surface area contributed by atoms with E-state index in [1.165, 1.54) is 30.8 Å². The lowest BCUT2D eigenvalue weighted by Crippen LogP contribution is -2.37. The number of aromatic nitrogens is 1. The van der Waals surface area contributed by atoms with E-state index in [1.54, 1.807) is 3.96 Å². The molecule has 0 N–H and O–H groups in total. The highest BCUT2D eigenvalue weighted by molar-refractivity contribution is 7.13. The van der Waals surface area contributed by atoms with E-state index in [9.17, 15) is 10.1 Å². The lowest BCUT2D eigenvalue weighted by atomic mass is 9.85. The first-order chi connectivity index (χ1) is 9.77. The Balaban J connectivity index is 2.13. The molecule has 0 aliphatic heterocycles. The van der Waals surface area contributed by atoms with Gasteiger partial charge in [-0.2, -0.15) is 5.26 Å². The first kappa shape index (κ1) is 13.4. The van der Waals surface area contributed by atoms with Gasteiger partial charge < -0.3 is 0 Å². The fourth-order valence-electron chi connectivity index (χ4n) is 3.10. The van der Waals surface area contributed by atoms with Crippen molar-refractivity contribution in [3.8, 4) is 6.07 Å². The first-order valence-corrected chi connectivity index (χ1v) is 8.07. The van der Waals surface area contributed by atoms with Crippen molar-refractivity contribution in [1.29, 1.82) is 5.26 Å². The summed E-state index contributed by atoms with van der Waals surface area (Å²) in [5.41, 5.74) is -0.617. The SMILES string of the molecule is N#CC1(n2sc3ccccc3c2=O)CCCCCCC1. The van der Waals surface area contributed by atoms with E-state index in [0.717, 1.165) is 35.8 Å². The molecule has 3 nitrogen and oxygen atoms in total. The van der Waals surface area contributed by atoms with Crippen LogP contribution in [0.4, 0.5) is 0 Å². The molecule has 104 valence electrons. The van der Waals surface area contributed by atoms with Crippen LogP contribution in [0, 0.1) is 11.3 Å². The summed E-state index contributed by atoms with van der Waals surface area (Å²) in [5.74, 6) is 0. The summed E-state index contributed by atoms with van der Waals surface area (Å²) < 4.78 is 2.73. The average molecular weight is 286 g/mol. The number of nitrogens with zero attached hydrogens (tertiary/aromatic N) is 2. The van der Waals surface area contributed by atoms with Gasteiger partial charge in [-0.15, -0.1) is 0 Å². The highest BCUT2D eigenvalue weighted by atomic mass is 32.1. The second-order valence-corrected chi connectivity index (χ2v) is 6.59. The maximum Gasteiger partial charge on any atom is 0.270 e. The van der Waals surface area contributed by atoms with E-state index in [4.69, 9.17) is 0 Å². The van der Waals surface area contributed by atoms with Crippen LogP contribution in [0.25, 0.3) is 10.1 Å². The summed E-state index contributed by atoms with van der Waals surface area (Å²) in [7, 11) is 0. The molecule has 1 heterocycles. The Morgan fingerprint density at radius 1 is 1.10 bits per heavy atom. The van der Waals surface area contributed by atoms with Crippen LogP contribution in [-0.2, 0) is 5.54 Å². The molecule has 1 aliphatic rings. The zero-order chi connectivity index (χ0) is 14.0. The summed E-state index contributed by atoms with van der Waals surface area (Å²) in [4.78, 5) is 12.6. The predicted octanol–water partition coefficient (Wildman–Crippen LogP) is 4.03. The summed E-state index contributed by atoms with van der Waals surface area (Å²) in [5, 5.41) is 10.5. The fourth-order valence-corrected chi connectivity index (χ4v) is 4.27. The molecule has 2 aromatic rings. The average Bonchev–Trinajstić information content (AvgIpc) is 2.78. The minimum Gasteiger partial charge on any atom is -0.268 e. The zero-order valence-electron chi connectivity index (χ0n) is 11.5. The molecular weight excluding hydrogens is 268 g/mol. The second-order valence-electron chi connectivity index (χ2n) is 5.60. The van der Waals surface area contributed by atoms with Crippen molar-refractivity contribution in [1.82, 2.24) is 3.96 Å². The van der Waals surface area contributed by atoms with Gasteiger partial charge in [0.15, 0.2) is 0 Å². The van der Waals surface area contributed by atoms with E-state index in [0.29, 0.717) is 0 Å². The molecule has 0 atom stereocenters. The van der Waals surface area contributed by atoms with Crippen molar-refractivity contribution in [3.05, 3.63) is 34.6 Å². The van der Waals surface area contributed by atoms with Crippen molar-refractivity contribution < 1.29 is 0 Å². The third kappa shape index (κ3) is 2.16. The normalized spacial score (nSPS) is 19.1. The summed E-state index contributed by atoms with van der Waals surface area (Å²) >= 11 is 1.45. The van der Waals surface area contributed by atoms with Crippen LogP contribution < -0.4 is 5.56 Å². The van der Waals surface area contributed by atoms with Gasteiger partial charge in [-0.05, 0) is 37.8 Å². The number of nitriles is 1. The third-order valence-electron chi connectivity index (χ3n) is 4.27. The first-order valence-electron chi connectivity index (χ1n) is 7.30. The largest absolute Gasteiger partial charge is 0.270 e. The van der Waals surface area contributed by atoms with Gasteiger partial charge in [-0.25, -0.2) is 3.96 Å².